The second-order valence-corrected chi connectivity index (χ2v) is 7.65. The summed E-state index contributed by atoms with van der Waals surface area (Å²) in [5.74, 6) is 0.264. The third kappa shape index (κ3) is 3.44. The lowest BCUT2D eigenvalue weighted by Gasteiger charge is -2.17. The SMILES string of the molecule is Cc1cc(Br)c(S(=O)(=O)N(C)CCCl)cc1Br. The van der Waals surface area contributed by atoms with E-state index in [2.05, 4.69) is 31.9 Å². The summed E-state index contributed by atoms with van der Waals surface area (Å²) < 4.78 is 27.0. The number of hydrogen-bond donors (Lipinski definition) is 0. The van der Waals surface area contributed by atoms with Gasteiger partial charge in [-0.05, 0) is 40.5 Å². The first kappa shape index (κ1) is 15.4. The maximum atomic E-state index is 12.2. The highest BCUT2D eigenvalue weighted by Gasteiger charge is 2.23. The summed E-state index contributed by atoms with van der Waals surface area (Å²) in [7, 11) is -1.99. The van der Waals surface area contributed by atoms with Crippen LogP contribution in [0.1, 0.15) is 5.56 Å². The fourth-order valence-electron chi connectivity index (χ4n) is 1.23. The van der Waals surface area contributed by atoms with E-state index in [1.54, 1.807) is 12.1 Å². The van der Waals surface area contributed by atoms with Gasteiger partial charge in [0.05, 0.1) is 4.90 Å². The van der Waals surface area contributed by atoms with Crippen LogP contribution in [0, 0.1) is 6.92 Å². The Kier molecular flexibility index (Phi) is 5.46. The van der Waals surface area contributed by atoms with E-state index in [1.807, 2.05) is 6.92 Å². The van der Waals surface area contributed by atoms with Gasteiger partial charge in [-0.1, -0.05) is 15.9 Å². The number of halogens is 3. The van der Waals surface area contributed by atoms with Crippen LogP contribution in [0.4, 0.5) is 0 Å². The normalized spacial score (nSPS) is 12.1. The minimum atomic E-state index is -3.50. The van der Waals surface area contributed by atoms with Crippen LogP contribution in [-0.2, 0) is 10.0 Å². The van der Waals surface area contributed by atoms with Crippen LogP contribution in [0.3, 0.4) is 0 Å². The number of benzene rings is 1. The molecule has 3 nitrogen and oxygen atoms in total. The van der Waals surface area contributed by atoms with Crippen LogP contribution in [0.2, 0.25) is 0 Å². The zero-order valence-corrected chi connectivity index (χ0v) is 14.1. The van der Waals surface area contributed by atoms with Crippen molar-refractivity contribution in [2.75, 3.05) is 19.5 Å². The molecule has 17 heavy (non-hydrogen) atoms. The Morgan fingerprint density at radius 2 is 1.88 bits per heavy atom. The smallest absolute Gasteiger partial charge is 0.207 e. The number of hydrogen-bond acceptors (Lipinski definition) is 2. The van der Waals surface area contributed by atoms with E-state index in [4.69, 9.17) is 11.6 Å². The van der Waals surface area contributed by atoms with Crippen molar-refractivity contribution in [2.24, 2.45) is 0 Å². The van der Waals surface area contributed by atoms with Gasteiger partial charge in [0, 0.05) is 28.4 Å². The fourth-order valence-corrected chi connectivity index (χ4v) is 4.39. The van der Waals surface area contributed by atoms with Crippen LogP contribution in [0.5, 0.6) is 0 Å². The Balaban J connectivity index is 3.29. The molecule has 0 fully saturated rings. The van der Waals surface area contributed by atoms with Crippen molar-refractivity contribution < 1.29 is 8.42 Å². The number of alkyl halides is 1. The van der Waals surface area contributed by atoms with Crippen molar-refractivity contribution in [3.05, 3.63) is 26.6 Å². The largest absolute Gasteiger partial charge is 0.244 e. The van der Waals surface area contributed by atoms with E-state index >= 15 is 0 Å². The van der Waals surface area contributed by atoms with Gasteiger partial charge in [0.15, 0.2) is 0 Å². The fraction of sp³-hybridized carbons (Fsp3) is 0.400. The Morgan fingerprint density at radius 3 is 2.41 bits per heavy atom. The molecule has 0 bridgehead atoms. The maximum absolute atomic E-state index is 12.2. The van der Waals surface area contributed by atoms with Crippen LogP contribution < -0.4 is 0 Å². The van der Waals surface area contributed by atoms with Crippen LogP contribution in [0.25, 0.3) is 0 Å². The summed E-state index contributed by atoms with van der Waals surface area (Å²) in [4.78, 5) is 0.239. The summed E-state index contributed by atoms with van der Waals surface area (Å²) in [5, 5.41) is 0. The predicted molar refractivity (Wildman–Crippen MR) is 77.1 cm³/mol. The number of nitrogens with zero attached hydrogens (tertiary/aromatic N) is 1. The third-order valence-corrected chi connectivity index (χ3v) is 6.14. The van der Waals surface area contributed by atoms with Gasteiger partial charge in [-0.25, -0.2) is 8.42 Å². The Bertz CT molecular complexity index is 519. The van der Waals surface area contributed by atoms with Gasteiger partial charge >= 0.3 is 0 Å². The molecule has 0 aromatic heterocycles. The summed E-state index contributed by atoms with van der Waals surface area (Å²) in [6.45, 7) is 2.18. The predicted octanol–water partition coefficient (Wildman–Crippen LogP) is 3.38. The topological polar surface area (TPSA) is 37.4 Å². The second-order valence-electron chi connectivity index (χ2n) is 3.55. The molecule has 0 aliphatic heterocycles. The van der Waals surface area contributed by atoms with E-state index < -0.39 is 10.0 Å². The number of sulfonamides is 1. The van der Waals surface area contributed by atoms with Crippen molar-refractivity contribution in [3.8, 4) is 0 Å². The zero-order chi connectivity index (χ0) is 13.2. The number of aryl methyl sites for hydroxylation is 1. The lowest BCUT2D eigenvalue weighted by atomic mass is 10.2. The molecular weight excluding hydrogens is 393 g/mol. The lowest BCUT2D eigenvalue weighted by molar-refractivity contribution is 0.487. The first-order valence-electron chi connectivity index (χ1n) is 4.78. The van der Waals surface area contributed by atoms with E-state index in [-0.39, 0.29) is 17.3 Å². The Hall–Kier alpha value is 0.380. The molecule has 96 valence electrons. The van der Waals surface area contributed by atoms with Gasteiger partial charge in [-0.2, -0.15) is 4.31 Å². The molecule has 0 aliphatic carbocycles. The summed E-state index contributed by atoms with van der Waals surface area (Å²) in [6, 6.07) is 3.37. The van der Waals surface area contributed by atoms with Crippen LogP contribution in [0.15, 0.2) is 26.0 Å². The van der Waals surface area contributed by atoms with Gasteiger partial charge in [0.1, 0.15) is 0 Å². The maximum Gasteiger partial charge on any atom is 0.244 e. The highest BCUT2D eigenvalue weighted by molar-refractivity contribution is 9.11. The first-order valence-corrected chi connectivity index (χ1v) is 8.34. The van der Waals surface area contributed by atoms with Gasteiger partial charge in [0.25, 0.3) is 0 Å². The zero-order valence-electron chi connectivity index (χ0n) is 9.37. The molecule has 0 saturated heterocycles. The van der Waals surface area contributed by atoms with E-state index in [0.717, 1.165) is 10.0 Å². The van der Waals surface area contributed by atoms with Crippen molar-refractivity contribution in [3.63, 3.8) is 0 Å². The molecule has 1 aromatic carbocycles. The van der Waals surface area contributed by atoms with Crippen molar-refractivity contribution >= 4 is 53.5 Å². The monoisotopic (exact) mass is 403 g/mol. The Morgan fingerprint density at radius 1 is 1.29 bits per heavy atom. The van der Waals surface area contributed by atoms with Crippen molar-refractivity contribution in [2.45, 2.75) is 11.8 Å². The van der Waals surface area contributed by atoms with Crippen molar-refractivity contribution in [1.82, 2.24) is 4.31 Å². The molecule has 0 aliphatic rings. The van der Waals surface area contributed by atoms with Crippen molar-refractivity contribution in [1.29, 1.82) is 0 Å². The summed E-state index contributed by atoms with van der Waals surface area (Å²) in [5.41, 5.74) is 0.968. The average molecular weight is 406 g/mol. The van der Waals surface area contributed by atoms with Gasteiger partial charge in [-0.3, -0.25) is 0 Å². The standard InChI is InChI=1S/C10H12Br2ClNO2S/c1-7-5-9(12)10(6-8(7)11)17(15,16)14(2)4-3-13/h5-6H,3-4H2,1-2H3. The molecule has 0 spiro atoms. The molecule has 0 radical (unpaired) electrons. The van der Waals surface area contributed by atoms with E-state index in [1.165, 1.54) is 11.4 Å². The minimum absolute atomic E-state index is 0.239. The quantitative estimate of drug-likeness (QED) is 0.720. The molecule has 0 heterocycles. The Labute approximate surface area is 123 Å². The van der Waals surface area contributed by atoms with Crippen LogP contribution >= 0.6 is 43.5 Å². The molecule has 0 unspecified atom stereocenters. The highest BCUT2D eigenvalue weighted by Crippen LogP contribution is 2.30. The molecule has 0 saturated carbocycles. The summed E-state index contributed by atoms with van der Waals surface area (Å²) in [6.07, 6.45) is 0. The van der Waals surface area contributed by atoms with E-state index in [9.17, 15) is 8.42 Å². The molecule has 7 heteroatoms. The molecule has 1 aromatic rings. The molecule has 0 N–H and O–H groups in total. The molecule has 0 atom stereocenters. The third-order valence-electron chi connectivity index (χ3n) is 2.30. The molecule has 1 rings (SSSR count). The minimum Gasteiger partial charge on any atom is -0.207 e. The second kappa shape index (κ2) is 6.02. The summed E-state index contributed by atoms with van der Waals surface area (Å²) >= 11 is 12.2. The van der Waals surface area contributed by atoms with Gasteiger partial charge in [-0.15, -0.1) is 11.6 Å². The van der Waals surface area contributed by atoms with Gasteiger partial charge in [0.2, 0.25) is 10.0 Å². The van der Waals surface area contributed by atoms with Gasteiger partial charge < -0.3 is 0 Å². The van der Waals surface area contributed by atoms with E-state index in [0.29, 0.717) is 4.47 Å². The van der Waals surface area contributed by atoms with Crippen LogP contribution in [-0.4, -0.2) is 32.2 Å². The first-order chi connectivity index (χ1) is 7.80. The highest BCUT2D eigenvalue weighted by atomic mass is 79.9. The lowest BCUT2D eigenvalue weighted by Crippen LogP contribution is -2.29. The number of rotatable bonds is 4. The average Bonchev–Trinajstić information content (AvgIpc) is 2.23. The molecule has 0 amide bonds. The molecular formula is C10H12Br2ClNO2S.